The van der Waals surface area contributed by atoms with Crippen molar-refractivity contribution in [2.75, 3.05) is 13.1 Å². The number of carbonyl (C=O) groups is 6. The van der Waals surface area contributed by atoms with E-state index in [0.29, 0.717) is 25.8 Å². The number of carbonyl (C=O) groups excluding carboxylic acids is 3. The fraction of sp³-hybridized carbons (Fsp3) is 0.484. The Bertz CT molecular complexity index is 1320. The van der Waals surface area contributed by atoms with E-state index in [9.17, 15) is 39.0 Å². The average Bonchev–Trinajstić information content (AvgIpc) is 2.99. The molecule has 0 aliphatic heterocycles. The number of aliphatic carboxylic acids is 3. The molecule has 0 spiro atoms. The second-order valence-electron chi connectivity index (χ2n) is 10.7. The number of unbranched alkanes of at least 4 members (excludes halogenated alkanes) is 3. The second-order valence-corrected chi connectivity index (χ2v) is 10.7. The van der Waals surface area contributed by atoms with Crippen molar-refractivity contribution >= 4 is 46.5 Å². The third-order valence-electron chi connectivity index (χ3n) is 7.09. The van der Waals surface area contributed by atoms with E-state index in [0.717, 1.165) is 29.2 Å². The Morgan fingerprint density at radius 3 is 2.00 bits per heavy atom. The van der Waals surface area contributed by atoms with Gasteiger partial charge in [0, 0.05) is 25.8 Å². The predicted molar refractivity (Wildman–Crippen MR) is 165 cm³/mol. The van der Waals surface area contributed by atoms with Crippen LogP contribution in [-0.4, -0.2) is 82.3 Å². The fourth-order valence-corrected chi connectivity index (χ4v) is 4.63. The first-order valence-electron chi connectivity index (χ1n) is 15.0. The molecule has 0 radical (unpaired) electrons. The Hall–Kier alpha value is -4.72. The Morgan fingerprint density at radius 1 is 0.689 bits per heavy atom. The summed E-state index contributed by atoms with van der Waals surface area (Å²) in [6.45, 7) is 0.735. The highest BCUT2D eigenvalue weighted by Crippen LogP contribution is 2.17. The lowest BCUT2D eigenvalue weighted by atomic mass is 10.0. The number of urea groups is 1. The van der Waals surface area contributed by atoms with E-state index in [-0.39, 0.29) is 44.0 Å². The van der Waals surface area contributed by atoms with Crippen molar-refractivity contribution in [3.05, 3.63) is 48.0 Å². The van der Waals surface area contributed by atoms with Crippen molar-refractivity contribution in [2.45, 2.75) is 82.3 Å². The molecule has 14 nitrogen and oxygen atoms in total. The van der Waals surface area contributed by atoms with Crippen molar-refractivity contribution in [2.24, 2.45) is 5.73 Å². The Labute approximate surface area is 261 Å². The third kappa shape index (κ3) is 14.1. The summed E-state index contributed by atoms with van der Waals surface area (Å²) in [5.41, 5.74) is 6.39. The molecule has 14 heteroatoms. The minimum Gasteiger partial charge on any atom is -0.481 e. The largest absolute Gasteiger partial charge is 0.481 e. The summed E-state index contributed by atoms with van der Waals surface area (Å²) in [6.07, 6.45) is 2.61. The van der Waals surface area contributed by atoms with Crippen LogP contribution in [0, 0.1) is 0 Å². The number of benzene rings is 2. The van der Waals surface area contributed by atoms with Gasteiger partial charge in [0.2, 0.25) is 11.8 Å². The summed E-state index contributed by atoms with van der Waals surface area (Å²) in [5, 5.41) is 39.4. The van der Waals surface area contributed by atoms with E-state index in [2.05, 4.69) is 21.3 Å². The van der Waals surface area contributed by atoms with Gasteiger partial charge >= 0.3 is 23.9 Å². The molecule has 0 aliphatic rings. The van der Waals surface area contributed by atoms with Crippen molar-refractivity contribution in [1.29, 1.82) is 0 Å². The summed E-state index contributed by atoms with van der Waals surface area (Å²) in [5.74, 6) is -4.65. The topological polar surface area (TPSA) is 237 Å². The zero-order valence-corrected chi connectivity index (χ0v) is 25.1. The van der Waals surface area contributed by atoms with Crippen LogP contribution in [0.25, 0.3) is 10.8 Å². The van der Waals surface area contributed by atoms with Crippen LogP contribution >= 0.6 is 0 Å². The lowest BCUT2D eigenvalue weighted by molar-refractivity contribution is -0.141. The van der Waals surface area contributed by atoms with Crippen molar-refractivity contribution < 1.29 is 44.1 Å². The summed E-state index contributed by atoms with van der Waals surface area (Å²) in [6, 6.07) is 8.94. The van der Waals surface area contributed by atoms with Crippen molar-refractivity contribution in [1.82, 2.24) is 21.3 Å². The number of hydrogen-bond acceptors (Lipinski definition) is 7. The second kappa shape index (κ2) is 19.5. The molecular weight excluding hydrogens is 586 g/mol. The van der Waals surface area contributed by atoms with Crippen LogP contribution in [0.4, 0.5) is 4.79 Å². The average molecular weight is 630 g/mol. The first-order chi connectivity index (χ1) is 21.5. The van der Waals surface area contributed by atoms with Gasteiger partial charge in [-0.1, -0.05) is 48.9 Å². The van der Waals surface area contributed by atoms with Crippen LogP contribution in [0.5, 0.6) is 0 Å². The van der Waals surface area contributed by atoms with Gasteiger partial charge in [-0.15, -0.1) is 0 Å². The molecule has 0 unspecified atom stereocenters. The normalized spacial score (nSPS) is 12.8. The smallest absolute Gasteiger partial charge is 0.326 e. The molecule has 2 aromatic carbocycles. The van der Waals surface area contributed by atoms with Crippen LogP contribution in [0.1, 0.15) is 63.4 Å². The molecular formula is C31H43N5O9. The van der Waals surface area contributed by atoms with Crippen molar-refractivity contribution in [3.8, 4) is 0 Å². The lowest BCUT2D eigenvalue weighted by Crippen LogP contribution is -2.51. The Morgan fingerprint density at radius 2 is 1.36 bits per heavy atom. The van der Waals surface area contributed by atoms with Crippen LogP contribution in [0.15, 0.2) is 42.5 Å². The van der Waals surface area contributed by atoms with Crippen LogP contribution in [-0.2, 0) is 30.4 Å². The molecule has 0 aliphatic carbocycles. The molecule has 9 N–H and O–H groups in total. The molecule has 0 heterocycles. The highest BCUT2D eigenvalue weighted by atomic mass is 16.4. The number of amides is 4. The van der Waals surface area contributed by atoms with Gasteiger partial charge in [0.05, 0.1) is 0 Å². The summed E-state index contributed by atoms with van der Waals surface area (Å²) >= 11 is 0. The standard InChI is InChI=1S/C31H43N5O9/c32-16-6-1-2-11-26(37)34-25(19-20-12-13-21-8-3-4-9-22(21)18-20)28(40)33-17-7-5-10-23(29(41)42)35-31(45)36-24(30(43)44)14-15-27(38)39/h3-4,8-9,12-13,18,23-25H,1-2,5-7,10-11,14-17,19,32H2,(H,33,40)(H,34,37)(H,38,39)(H,41,42)(H,43,44)(H2,35,36,45)/t23-,24-,25-/m0/s1. The van der Waals surface area contributed by atoms with Gasteiger partial charge in [0.1, 0.15) is 18.1 Å². The summed E-state index contributed by atoms with van der Waals surface area (Å²) in [4.78, 5) is 71.6. The number of carboxylic acids is 3. The molecule has 2 rings (SSSR count). The van der Waals surface area contributed by atoms with Crippen molar-refractivity contribution in [3.63, 3.8) is 0 Å². The number of nitrogens with one attached hydrogen (secondary N) is 4. The third-order valence-corrected chi connectivity index (χ3v) is 7.09. The van der Waals surface area contributed by atoms with Crippen LogP contribution in [0.3, 0.4) is 0 Å². The molecule has 2 aromatic rings. The maximum Gasteiger partial charge on any atom is 0.326 e. The molecule has 246 valence electrons. The maximum atomic E-state index is 13.1. The quantitative estimate of drug-likeness (QED) is 0.0931. The maximum absolute atomic E-state index is 13.1. The highest BCUT2D eigenvalue weighted by molar-refractivity contribution is 5.89. The van der Waals surface area contributed by atoms with Crippen LogP contribution < -0.4 is 27.0 Å². The zero-order valence-electron chi connectivity index (χ0n) is 25.1. The Balaban J connectivity index is 1.91. The van der Waals surface area contributed by atoms with E-state index in [4.69, 9.17) is 10.8 Å². The first kappa shape index (κ1) is 36.5. The van der Waals surface area contributed by atoms with Gasteiger partial charge in [-0.3, -0.25) is 14.4 Å². The van der Waals surface area contributed by atoms with E-state index in [1.807, 2.05) is 42.5 Å². The molecule has 0 saturated carbocycles. The number of fused-ring (bicyclic) bond motifs is 1. The van der Waals surface area contributed by atoms with E-state index < -0.39 is 48.5 Å². The van der Waals surface area contributed by atoms with Gasteiger partial charge in [0.25, 0.3) is 0 Å². The zero-order chi connectivity index (χ0) is 33.2. The fourth-order valence-electron chi connectivity index (χ4n) is 4.63. The minimum absolute atomic E-state index is 0.00839. The monoisotopic (exact) mass is 629 g/mol. The van der Waals surface area contributed by atoms with E-state index in [1.165, 1.54) is 0 Å². The van der Waals surface area contributed by atoms with E-state index in [1.54, 1.807) is 0 Å². The molecule has 0 bridgehead atoms. The van der Waals surface area contributed by atoms with Gasteiger partial charge < -0.3 is 42.3 Å². The van der Waals surface area contributed by atoms with Gasteiger partial charge in [-0.2, -0.15) is 0 Å². The number of rotatable bonds is 21. The molecule has 0 saturated heterocycles. The van der Waals surface area contributed by atoms with Crippen LogP contribution in [0.2, 0.25) is 0 Å². The predicted octanol–water partition coefficient (Wildman–Crippen LogP) is 1.74. The first-order valence-corrected chi connectivity index (χ1v) is 15.0. The summed E-state index contributed by atoms with van der Waals surface area (Å²) in [7, 11) is 0. The van der Waals surface area contributed by atoms with E-state index >= 15 is 0 Å². The summed E-state index contributed by atoms with van der Waals surface area (Å²) < 4.78 is 0. The number of nitrogens with two attached hydrogens (primary N) is 1. The molecule has 0 aromatic heterocycles. The minimum atomic E-state index is -1.50. The molecule has 45 heavy (non-hydrogen) atoms. The molecule has 4 amide bonds. The van der Waals surface area contributed by atoms with Gasteiger partial charge in [0.15, 0.2) is 0 Å². The highest BCUT2D eigenvalue weighted by Gasteiger charge is 2.25. The molecule has 0 fully saturated rings. The molecule has 3 atom stereocenters. The van der Waals surface area contributed by atoms with Gasteiger partial charge in [-0.05, 0) is 61.4 Å². The number of hydrogen-bond donors (Lipinski definition) is 8. The number of carboxylic acid groups (broad SMARTS) is 3. The van der Waals surface area contributed by atoms with Gasteiger partial charge in [-0.25, -0.2) is 14.4 Å². The SMILES string of the molecule is NCCCCCC(=O)N[C@@H](Cc1ccc2ccccc2c1)C(=O)NCCCC[C@H](NC(=O)N[C@@H](CCC(=O)O)C(=O)O)C(=O)O. The Kier molecular flexibility index (Phi) is 15.8. The lowest BCUT2D eigenvalue weighted by Gasteiger charge is -2.20.